The van der Waals surface area contributed by atoms with Crippen LogP contribution in [0.3, 0.4) is 0 Å². The third kappa shape index (κ3) is 4.04. The maximum Gasteiger partial charge on any atom is 0.233 e. The number of benzene rings is 1. The van der Waals surface area contributed by atoms with Gasteiger partial charge in [-0.1, -0.05) is 63.4 Å². The van der Waals surface area contributed by atoms with E-state index in [1.807, 2.05) is 24.4 Å². The molecule has 1 N–H and O–H groups in total. The van der Waals surface area contributed by atoms with Gasteiger partial charge in [0.2, 0.25) is 5.91 Å². The van der Waals surface area contributed by atoms with Crippen molar-refractivity contribution in [3.05, 3.63) is 47.0 Å². The van der Waals surface area contributed by atoms with Crippen LogP contribution in [-0.2, 0) is 4.79 Å². The molecule has 1 aromatic carbocycles. The lowest BCUT2D eigenvalue weighted by Gasteiger charge is -2.29. The van der Waals surface area contributed by atoms with E-state index in [4.69, 9.17) is 0 Å². The Morgan fingerprint density at radius 3 is 2.50 bits per heavy atom. The van der Waals surface area contributed by atoms with Gasteiger partial charge in [-0.05, 0) is 30.2 Å². The molecule has 0 bridgehead atoms. The summed E-state index contributed by atoms with van der Waals surface area (Å²) in [5, 5.41) is 3.80. The number of nitrogens with one attached hydrogen (secondary N) is 1. The van der Waals surface area contributed by atoms with E-state index in [2.05, 4.69) is 36.3 Å². The minimum Gasteiger partial charge on any atom is -0.301 e. The van der Waals surface area contributed by atoms with Gasteiger partial charge in [0.15, 0.2) is 5.13 Å². The number of nitrogens with zero attached hydrogens (tertiary/aromatic N) is 1. The molecule has 1 amide bonds. The lowest BCUT2D eigenvalue weighted by Crippen LogP contribution is -2.29. The fraction of sp³-hybridized carbons (Fsp3) is 0.500. The van der Waals surface area contributed by atoms with Gasteiger partial charge < -0.3 is 5.32 Å². The lowest BCUT2D eigenvalue weighted by atomic mass is 9.76. The van der Waals surface area contributed by atoms with Crippen LogP contribution in [0.4, 0.5) is 5.13 Å². The fourth-order valence-electron chi connectivity index (χ4n) is 3.56. The first-order valence-electron chi connectivity index (χ1n) is 8.96. The molecule has 1 atom stereocenters. The van der Waals surface area contributed by atoms with E-state index in [1.165, 1.54) is 24.1 Å². The third-order valence-corrected chi connectivity index (χ3v) is 6.10. The molecule has 0 saturated heterocycles. The van der Waals surface area contributed by atoms with Gasteiger partial charge in [0, 0.05) is 11.1 Å². The van der Waals surface area contributed by atoms with Crippen LogP contribution in [0.25, 0.3) is 0 Å². The first-order chi connectivity index (χ1) is 11.6. The molecule has 0 radical (unpaired) electrons. The van der Waals surface area contributed by atoms with Gasteiger partial charge in [0.25, 0.3) is 0 Å². The van der Waals surface area contributed by atoms with Crippen molar-refractivity contribution in [3.63, 3.8) is 0 Å². The number of rotatable bonds is 5. The normalized spacial score (nSPS) is 17.0. The number of carbonyl (C=O) groups is 1. The molecular weight excluding hydrogens is 316 g/mol. The van der Waals surface area contributed by atoms with E-state index in [1.54, 1.807) is 11.3 Å². The second kappa shape index (κ2) is 7.93. The molecular formula is C20H26N2OS. The average molecular weight is 343 g/mol. The number of hydrogen-bond donors (Lipinski definition) is 1. The summed E-state index contributed by atoms with van der Waals surface area (Å²) in [6.45, 7) is 4.29. The van der Waals surface area contributed by atoms with Crippen molar-refractivity contribution in [1.29, 1.82) is 0 Å². The van der Waals surface area contributed by atoms with E-state index < -0.39 is 0 Å². The van der Waals surface area contributed by atoms with Crippen molar-refractivity contribution in [2.24, 2.45) is 5.92 Å². The Kier molecular flexibility index (Phi) is 5.67. The molecule has 1 unspecified atom stereocenters. The molecule has 3 nitrogen and oxygen atoms in total. The summed E-state index contributed by atoms with van der Waals surface area (Å²) in [4.78, 5) is 18.6. The third-order valence-electron chi connectivity index (χ3n) is 4.89. The molecule has 128 valence electrons. The maximum atomic E-state index is 13.0. The molecule has 3 rings (SSSR count). The fourth-order valence-corrected chi connectivity index (χ4v) is 4.38. The molecule has 2 aromatic rings. The van der Waals surface area contributed by atoms with Crippen LogP contribution in [0.1, 0.15) is 68.2 Å². The molecule has 0 spiro atoms. The van der Waals surface area contributed by atoms with E-state index in [9.17, 15) is 4.79 Å². The zero-order valence-corrected chi connectivity index (χ0v) is 15.3. The highest BCUT2D eigenvalue weighted by atomic mass is 32.1. The monoisotopic (exact) mass is 342 g/mol. The summed E-state index contributed by atoms with van der Waals surface area (Å²) in [6.07, 6.45) is 7.92. The van der Waals surface area contributed by atoms with E-state index in [-0.39, 0.29) is 11.8 Å². The highest BCUT2D eigenvalue weighted by Gasteiger charge is 2.31. The van der Waals surface area contributed by atoms with Crippen molar-refractivity contribution >= 4 is 22.4 Å². The highest BCUT2D eigenvalue weighted by molar-refractivity contribution is 7.15. The SMILES string of the molecule is CC(C)c1cnc(NC(=O)C(c2ccccc2)C2CCCCC2)s1. The molecule has 1 fully saturated rings. The van der Waals surface area contributed by atoms with Gasteiger partial charge in [-0.2, -0.15) is 0 Å². The van der Waals surface area contributed by atoms with E-state index >= 15 is 0 Å². The first-order valence-corrected chi connectivity index (χ1v) is 9.78. The number of thiazole rings is 1. The number of amides is 1. The number of carbonyl (C=O) groups excluding carboxylic acids is 1. The Hall–Kier alpha value is -1.68. The zero-order chi connectivity index (χ0) is 16.9. The Bertz CT molecular complexity index is 659. The van der Waals surface area contributed by atoms with Crippen LogP contribution in [0.2, 0.25) is 0 Å². The van der Waals surface area contributed by atoms with Crippen LogP contribution in [0.15, 0.2) is 36.5 Å². The largest absolute Gasteiger partial charge is 0.301 e. The molecule has 1 saturated carbocycles. The van der Waals surface area contributed by atoms with Crippen LogP contribution in [-0.4, -0.2) is 10.9 Å². The quantitative estimate of drug-likeness (QED) is 0.772. The predicted octanol–water partition coefficient (Wildman–Crippen LogP) is 5.57. The standard InChI is InChI=1S/C20H26N2OS/c1-14(2)17-13-21-20(24-17)22-19(23)18(15-9-5-3-6-10-15)16-11-7-4-8-12-16/h3,5-6,9-10,13-14,16,18H,4,7-8,11-12H2,1-2H3,(H,21,22,23). The Morgan fingerprint density at radius 2 is 1.88 bits per heavy atom. The molecule has 1 aromatic heterocycles. The molecule has 1 aliphatic carbocycles. The van der Waals surface area contributed by atoms with E-state index in [0.717, 1.165) is 23.5 Å². The molecule has 4 heteroatoms. The summed E-state index contributed by atoms with van der Waals surface area (Å²) >= 11 is 1.59. The number of aromatic nitrogens is 1. The van der Waals surface area contributed by atoms with Crippen molar-refractivity contribution < 1.29 is 4.79 Å². The summed E-state index contributed by atoms with van der Waals surface area (Å²) in [5.74, 6) is 0.901. The number of anilines is 1. The minimum absolute atomic E-state index is 0.0714. The summed E-state index contributed by atoms with van der Waals surface area (Å²) in [7, 11) is 0. The van der Waals surface area contributed by atoms with Crippen molar-refractivity contribution in [1.82, 2.24) is 4.98 Å². The highest BCUT2D eigenvalue weighted by Crippen LogP contribution is 2.37. The number of hydrogen-bond acceptors (Lipinski definition) is 3. The summed E-state index contributed by atoms with van der Waals surface area (Å²) < 4.78 is 0. The van der Waals surface area contributed by atoms with Gasteiger partial charge in [-0.3, -0.25) is 4.79 Å². The van der Waals surface area contributed by atoms with Crippen molar-refractivity contribution in [2.45, 2.75) is 57.8 Å². The Balaban J connectivity index is 1.80. The molecule has 1 aliphatic rings. The van der Waals surface area contributed by atoms with Crippen LogP contribution < -0.4 is 5.32 Å². The van der Waals surface area contributed by atoms with Crippen LogP contribution >= 0.6 is 11.3 Å². The van der Waals surface area contributed by atoms with Crippen LogP contribution in [0.5, 0.6) is 0 Å². The van der Waals surface area contributed by atoms with Crippen molar-refractivity contribution in [3.8, 4) is 0 Å². The predicted molar refractivity (Wildman–Crippen MR) is 101 cm³/mol. The Labute approximate surface area is 148 Å². The minimum atomic E-state index is -0.0714. The lowest BCUT2D eigenvalue weighted by molar-refractivity contribution is -0.119. The van der Waals surface area contributed by atoms with Crippen molar-refractivity contribution in [2.75, 3.05) is 5.32 Å². The second-order valence-corrected chi connectivity index (χ2v) is 8.06. The summed E-state index contributed by atoms with van der Waals surface area (Å²) in [6, 6.07) is 10.2. The molecule has 1 heterocycles. The average Bonchev–Trinajstić information content (AvgIpc) is 3.06. The summed E-state index contributed by atoms with van der Waals surface area (Å²) in [5.41, 5.74) is 1.13. The smallest absolute Gasteiger partial charge is 0.233 e. The molecule has 24 heavy (non-hydrogen) atoms. The maximum absolute atomic E-state index is 13.0. The zero-order valence-electron chi connectivity index (χ0n) is 14.5. The van der Waals surface area contributed by atoms with E-state index in [0.29, 0.717) is 11.8 Å². The van der Waals surface area contributed by atoms with Gasteiger partial charge in [-0.25, -0.2) is 4.98 Å². The van der Waals surface area contributed by atoms with Gasteiger partial charge in [-0.15, -0.1) is 11.3 Å². The Morgan fingerprint density at radius 1 is 1.17 bits per heavy atom. The topological polar surface area (TPSA) is 42.0 Å². The second-order valence-electron chi connectivity index (χ2n) is 7.00. The van der Waals surface area contributed by atoms with Gasteiger partial charge in [0.1, 0.15) is 0 Å². The van der Waals surface area contributed by atoms with Crippen LogP contribution in [0, 0.1) is 5.92 Å². The van der Waals surface area contributed by atoms with Gasteiger partial charge in [0.05, 0.1) is 5.92 Å². The van der Waals surface area contributed by atoms with Gasteiger partial charge >= 0.3 is 0 Å². The molecule has 0 aliphatic heterocycles. The first kappa shape index (κ1) is 17.2.